The van der Waals surface area contributed by atoms with Crippen molar-refractivity contribution < 1.29 is 38.8 Å². The molecule has 12 heteroatoms. The van der Waals surface area contributed by atoms with Crippen molar-refractivity contribution in [2.75, 3.05) is 0 Å². The van der Waals surface area contributed by atoms with Crippen molar-refractivity contribution in [1.29, 1.82) is 0 Å². The molecular formula is C24H26F5NO4S2. The normalized spacial score (nSPS) is 28.6. The lowest BCUT2D eigenvalue weighted by Gasteiger charge is -2.48. The lowest BCUT2D eigenvalue weighted by molar-refractivity contribution is -0.137. The fourth-order valence-electron chi connectivity index (χ4n) is 5.58. The van der Waals surface area contributed by atoms with Crippen molar-refractivity contribution in [2.24, 2.45) is 11.8 Å². The number of rotatable bonds is 4. The molecule has 1 aliphatic carbocycles. The average Bonchev–Trinajstić information content (AvgIpc) is 2.78. The molecule has 1 saturated heterocycles. The average molecular weight is 552 g/mol. The van der Waals surface area contributed by atoms with Crippen LogP contribution in [-0.2, 0) is 30.8 Å². The molecule has 2 aliphatic rings. The van der Waals surface area contributed by atoms with Crippen LogP contribution in [0.3, 0.4) is 0 Å². The molecule has 0 radical (unpaired) electrons. The van der Waals surface area contributed by atoms with Gasteiger partial charge in [-0.15, -0.1) is 0 Å². The van der Waals surface area contributed by atoms with Gasteiger partial charge in [0.05, 0.1) is 15.7 Å². The van der Waals surface area contributed by atoms with E-state index in [0.717, 1.165) is 30.3 Å². The Labute approximate surface area is 207 Å². The van der Waals surface area contributed by atoms with Gasteiger partial charge in [-0.05, 0) is 80.0 Å². The van der Waals surface area contributed by atoms with Gasteiger partial charge in [0.2, 0.25) is 10.0 Å². The summed E-state index contributed by atoms with van der Waals surface area (Å²) in [6.45, 7) is 3.46. The molecule has 2 aromatic carbocycles. The SMILES string of the molecule is CC(C)[C@@H]1CC2C[C@@](c3cc(F)ccc3F)(S(=O)(=O)c3ccc(C(F)(F)F)cc3)CCC2NS1(=O)=O. The molecule has 2 fully saturated rings. The maximum Gasteiger partial charge on any atom is 0.416 e. The molecule has 36 heavy (non-hydrogen) atoms. The summed E-state index contributed by atoms with van der Waals surface area (Å²) >= 11 is 0. The van der Waals surface area contributed by atoms with Crippen LogP contribution in [0.4, 0.5) is 22.0 Å². The predicted octanol–water partition coefficient (Wildman–Crippen LogP) is 5.17. The summed E-state index contributed by atoms with van der Waals surface area (Å²) in [5.41, 5.74) is -1.45. The van der Waals surface area contributed by atoms with Gasteiger partial charge in [-0.3, -0.25) is 0 Å². The molecule has 1 saturated carbocycles. The number of hydrogen-bond donors (Lipinski definition) is 1. The first kappa shape index (κ1) is 27.0. The van der Waals surface area contributed by atoms with E-state index in [-0.39, 0.29) is 31.6 Å². The molecule has 1 aliphatic heterocycles. The summed E-state index contributed by atoms with van der Waals surface area (Å²) in [6, 6.07) is 4.82. The third kappa shape index (κ3) is 4.56. The quantitative estimate of drug-likeness (QED) is 0.532. The lowest BCUT2D eigenvalue weighted by Crippen LogP contribution is -2.58. The van der Waals surface area contributed by atoms with E-state index in [9.17, 15) is 34.4 Å². The van der Waals surface area contributed by atoms with Crippen molar-refractivity contribution in [2.45, 2.75) is 66.6 Å². The molecule has 0 spiro atoms. The third-order valence-corrected chi connectivity index (χ3v) is 12.1. The molecule has 0 aromatic heterocycles. The van der Waals surface area contributed by atoms with Gasteiger partial charge >= 0.3 is 6.18 Å². The second-order valence-corrected chi connectivity index (χ2v) is 14.1. The van der Waals surface area contributed by atoms with Crippen LogP contribution in [0.2, 0.25) is 0 Å². The van der Waals surface area contributed by atoms with Crippen molar-refractivity contribution in [3.05, 3.63) is 65.2 Å². The number of sulfonamides is 1. The number of benzene rings is 2. The van der Waals surface area contributed by atoms with E-state index >= 15 is 4.39 Å². The zero-order chi connectivity index (χ0) is 26.7. The topological polar surface area (TPSA) is 80.3 Å². The minimum absolute atomic E-state index is 0.0323. The molecule has 2 aromatic rings. The van der Waals surface area contributed by atoms with E-state index in [1.54, 1.807) is 13.8 Å². The largest absolute Gasteiger partial charge is 0.416 e. The highest BCUT2D eigenvalue weighted by Gasteiger charge is 2.55. The van der Waals surface area contributed by atoms with Gasteiger partial charge in [-0.2, -0.15) is 13.2 Å². The predicted molar refractivity (Wildman–Crippen MR) is 123 cm³/mol. The van der Waals surface area contributed by atoms with Crippen LogP contribution < -0.4 is 4.72 Å². The first-order chi connectivity index (χ1) is 16.6. The number of fused-ring (bicyclic) bond motifs is 1. The van der Waals surface area contributed by atoms with Gasteiger partial charge in [-0.1, -0.05) is 13.8 Å². The van der Waals surface area contributed by atoms with E-state index < -0.39 is 75.7 Å². The van der Waals surface area contributed by atoms with Crippen LogP contribution in [-0.4, -0.2) is 28.1 Å². The van der Waals surface area contributed by atoms with E-state index in [4.69, 9.17) is 0 Å². The summed E-state index contributed by atoms with van der Waals surface area (Å²) in [5, 5.41) is -0.805. The van der Waals surface area contributed by atoms with Gasteiger partial charge < -0.3 is 0 Å². The third-order valence-electron chi connectivity index (χ3n) is 7.44. The second-order valence-electron chi connectivity index (χ2n) is 9.93. The molecule has 0 bridgehead atoms. The Bertz CT molecular complexity index is 1360. The fraction of sp³-hybridized carbons (Fsp3) is 0.500. The van der Waals surface area contributed by atoms with Crippen LogP contribution in [0.5, 0.6) is 0 Å². The number of nitrogens with one attached hydrogen (secondary N) is 1. The number of alkyl halides is 3. The van der Waals surface area contributed by atoms with Gasteiger partial charge in [0, 0.05) is 11.6 Å². The highest BCUT2D eigenvalue weighted by Crippen LogP contribution is 2.52. The van der Waals surface area contributed by atoms with Gasteiger partial charge in [-0.25, -0.2) is 30.3 Å². The van der Waals surface area contributed by atoms with E-state index in [1.165, 1.54) is 0 Å². The molecule has 0 amide bonds. The lowest BCUT2D eigenvalue weighted by atomic mass is 9.72. The van der Waals surface area contributed by atoms with Crippen LogP contribution >= 0.6 is 0 Å². The van der Waals surface area contributed by atoms with Crippen molar-refractivity contribution >= 4 is 19.9 Å². The van der Waals surface area contributed by atoms with Crippen LogP contribution in [0.25, 0.3) is 0 Å². The molecule has 5 nitrogen and oxygen atoms in total. The highest BCUT2D eigenvalue weighted by molar-refractivity contribution is 7.92. The Kier molecular flexibility index (Phi) is 6.79. The van der Waals surface area contributed by atoms with E-state index in [2.05, 4.69) is 4.72 Å². The maximum absolute atomic E-state index is 15.1. The van der Waals surface area contributed by atoms with Crippen LogP contribution in [0.15, 0.2) is 47.4 Å². The smallest absolute Gasteiger partial charge is 0.223 e. The Balaban J connectivity index is 1.85. The molecule has 198 valence electrons. The summed E-state index contributed by atoms with van der Waals surface area (Å²) < 4.78 is 123. The standard InChI is InChI=1S/C24H26F5NO4S2/c1-14(2)22-11-15-13-23(10-9-21(15)30-36(22,33)34,19-12-17(25)5-8-20(19)26)35(31,32)18-6-3-16(4-7-18)24(27,28)29/h3-8,12,14-15,21-22,30H,9-11,13H2,1-2H3/t15?,21?,22-,23-/m0/s1. The van der Waals surface area contributed by atoms with E-state index in [1.807, 2.05) is 0 Å². The number of sulfone groups is 1. The molecule has 4 atom stereocenters. The summed E-state index contributed by atoms with van der Waals surface area (Å²) in [7, 11) is -8.20. The summed E-state index contributed by atoms with van der Waals surface area (Å²) in [6.07, 6.45) is -4.98. The second kappa shape index (κ2) is 9.05. The Morgan fingerprint density at radius 1 is 1.06 bits per heavy atom. The first-order valence-corrected chi connectivity index (χ1v) is 14.5. The minimum Gasteiger partial charge on any atom is -0.223 e. The first-order valence-electron chi connectivity index (χ1n) is 11.5. The number of halogens is 5. The molecule has 4 rings (SSSR count). The maximum atomic E-state index is 15.1. The molecule has 1 heterocycles. The Hall–Kier alpha value is -2.05. The summed E-state index contributed by atoms with van der Waals surface area (Å²) in [5.74, 6) is -2.61. The van der Waals surface area contributed by atoms with Crippen LogP contribution in [0, 0.1) is 23.5 Å². The van der Waals surface area contributed by atoms with Crippen molar-refractivity contribution in [3.8, 4) is 0 Å². The Morgan fingerprint density at radius 3 is 2.28 bits per heavy atom. The van der Waals surface area contributed by atoms with Gasteiger partial charge in [0.15, 0.2) is 9.84 Å². The van der Waals surface area contributed by atoms with Crippen molar-refractivity contribution in [3.63, 3.8) is 0 Å². The highest BCUT2D eigenvalue weighted by atomic mass is 32.2. The van der Waals surface area contributed by atoms with E-state index in [0.29, 0.717) is 12.1 Å². The summed E-state index contributed by atoms with van der Waals surface area (Å²) in [4.78, 5) is -0.450. The fourth-order valence-corrected chi connectivity index (χ4v) is 9.91. The molecular weight excluding hydrogens is 525 g/mol. The Morgan fingerprint density at radius 2 is 1.69 bits per heavy atom. The monoisotopic (exact) mass is 551 g/mol. The van der Waals surface area contributed by atoms with Gasteiger partial charge in [0.1, 0.15) is 16.4 Å². The number of hydrogen-bond acceptors (Lipinski definition) is 4. The zero-order valence-electron chi connectivity index (χ0n) is 19.5. The van der Waals surface area contributed by atoms with Crippen LogP contribution in [0.1, 0.15) is 50.7 Å². The molecule has 2 unspecified atom stereocenters. The minimum atomic E-state index is -4.68. The zero-order valence-corrected chi connectivity index (χ0v) is 21.2. The van der Waals surface area contributed by atoms with Crippen molar-refractivity contribution in [1.82, 2.24) is 4.72 Å². The molecule has 1 N–H and O–H groups in total. The van der Waals surface area contributed by atoms with Gasteiger partial charge in [0.25, 0.3) is 0 Å².